The number of nitrogens with zero attached hydrogens (tertiary/aromatic N) is 2. The van der Waals surface area contributed by atoms with Gasteiger partial charge in [-0.05, 0) is 76.4 Å². The highest BCUT2D eigenvalue weighted by atomic mass is 15.1. The summed E-state index contributed by atoms with van der Waals surface area (Å²) < 4.78 is 0. The molecule has 0 saturated heterocycles. The third-order valence-corrected chi connectivity index (χ3v) is 8.87. The lowest BCUT2D eigenvalue weighted by Crippen LogP contribution is -2.22. The molecule has 6 aromatic carbocycles. The van der Waals surface area contributed by atoms with Crippen molar-refractivity contribution >= 4 is 11.4 Å². The lowest BCUT2D eigenvalue weighted by Gasteiger charge is -2.26. The molecule has 230 valence electrons. The quantitative estimate of drug-likeness (QED) is 0.123. The highest BCUT2D eigenvalue weighted by Crippen LogP contribution is 2.29. The highest BCUT2D eigenvalue weighted by Gasteiger charge is 2.15. The van der Waals surface area contributed by atoms with Gasteiger partial charge in [-0.2, -0.15) is 0 Å². The predicted molar refractivity (Wildman–Crippen MR) is 195 cm³/mol. The van der Waals surface area contributed by atoms with Crippen molar-refractivity contribution in [1.29, 1.82) is 0 Å². The molecule has 1 atom stereocenters. The molecular formula is C44H44N2. The molecule has 0 saturated carbocycles. The van der Waals surface area contributed by atoms with Gasteiger partial charge in [0.25, 0.3) is 0 Å². The number of hydrogen-bond donors (Lipinski definition) is 0. The molecule has 2 nitrogen and oxygen atoms in total. The van der Waals surface area contributed by atoms with Crippen molar-refractivity contribution in [3.05, 3.63) is 203 Å². The van der Waals surface area contributed by atoms with E-state index in [4.69, 9.17) is 0 Å². The number of rotatable bonds is 14. The van der Waals surface area contributed by atoms with E-state index in [1.54, 1.807) is 0 Å². The van der Waals surface area contributed by atoms with Gasteiger partial charge < -0.3 is 9.80 Å². The summed E-state index contributed by atoms with van der Waals surface area (Å²) >= 11 is 0. The summed E-state index contributed by atoms with van der Waals surface area (Å²) in [5.74, 6) is 0.473. The fourth-order valence-corrected chi connectivity index (χ4v) is 6.27. The summed E-state index contributed by atoms with van der Waals surface area (Å²) in [6.07, 6.45) is 2.14. The van der Waals surface area contributed by atoms with Gasteiger partial charge in [0.05, 0.1) is 0 Å². The molecule has 0 spiro atoms. The Bertz CT molecular complexity index is 1630. The van der Waals surface area contributed by atoms with Crippen LogP contribution in [0.1, 0.15) is 52.6 Å². The minimum atomic E-state index is 0.473. The van der Waals surface area contributed by atoms with Crippen LogP contribution < -0.4 is 9.80 Å². The van der Waals surface area contributed by atoms with E-state index in [0.717, 1.165) is 39.0 Å². The van der Waals surface area contributed by atoms with E-state index in [2.05, 4.69) is 187 Å². The van der Waals surface area contributed by atoms with E-state index < -0.39 is 0 Å². The summed E-state index contributed by atoms with van der Waals surface area (Å²) in [6.45, 7) is 5.83. The molecule has 6 aromatic rings. The molecule has 0 aliphatic carbocycles. The van der Waals surface area contributed by atoms with Crippen molar-refractivity contribution in [2.45, 2.75) is 51.9 Å². The third kappa shape index (κ3) is 8.55. The van der Waals surface area contributed by atoms with Crippen molar-refractivity contribution in [3.8, 4) is 0 Å². The van der Waals surface area contributed by atoms with E-state index in [1.165, 1.54) is 44.8 Å². The van der Waals surface area contributed by atoms with Gasteiger partial charge in [-0.15, -0.1) is 0 Å². The zero-order valence-corrected chi connectivity index (χ0v) is 26.9. The van der Waals surface area contributed by atoms with Crippen molar-refractivity contribution in [2.75, 3.05) is 9.80 Å². The van der Waals surface area contributed by atoms with Crippen LogP contribution in [0.5, 0.6) is 0 Å². The average molecular weight is 601 g/mol. The number of hydrogen-bond acceptors (Lipinski definition) is 2. The first-order valence-corrected chi connectivity index (χ1v) is 16.6. The van der Waals surface area contributed by atoms with Gasteiger partial charge in [0.1, 0.15) is 0 Å². The Morgan fingerprint density at radius 3 is 1.02 bits per heavy atom. The van der Waals surface area contributed by atoms with Crippen LogP contribution in [0.15, 0.2) is 170 Å². The maximum Gasteiger partial charge on any atom is 0.0433 e. The smallest absolute Gasteiger partial charge is 0.0433 e. The van der Waals surface area contributed by atoms with Crippen LogP contribution in [0, 0.1) is 0 Å². The Kier molecular flexibility index (Phi) is 10.6. The normalized spacial score (nSPS) is 11.6. The van der Waals surface area contributed by atoms with E-state index in [1.807, 2.05) is 0 Å². The van der Waals surface area contributed by atoms with Gasteiger partial charge in [0.15, 0.2) is 0 Å². The van der Waals surface area contributed by atoms with Crippen LogP contribution in [0.3, 0.4) is 0 Å². The molecule has 0 aliphatic heterocycles. The molecule has 0 aromatic heterocycles. The second-order valence-corrected chi connectivity index (χ2v) is 12.2. The summed E-state index contributed by atoms with van der Waals surface area (Å²) in [7, 11) is 0. The van der Waals surface area contributed by atoms with Crippen LogP contribution >= 0.6 is 0 Å². The number of benzene rings is 6. The second-order valence-electron chi connectivity index (χ2n) is 12.2. The highest BCUT2D eigenvalue weighted by molar-refractivity contribution is 5.51. The lowest BCUT2D eigenvalue weighted by molar-refractivity contribution is 0.660. The Hall–Kier alpha value is -5.08. The van der Waals surface area contributed by atoms with Crippen LogP contribution in [0.25, 0.3) is 0 Å². The molecule has 0 radical (unpaired) electrons. The van der Waals surface area contributed by atoms with Crippen LogP contribution in [0.2, 0.25) is 0 Å². The molecule has 1 unspecified atom stereocenters. The molecule has 6 rings (SSSR count). The SMILES string of the molecule is CCC(Cc1ccc(N(Cc2ccccc2)Cc2ccccc2)cc1)c1ccc(N(Cc2ccccc2)Cc2ccccc2)cc1. The summed E-state index contributed by atoms with van der Waals surface area (Å²) in [5, 5.41) is 0. The van der Waals surface area contributed by atoms with E-state index in [9.17, 15) is 0 Å². The lowest BCUT2D eigenvalue weighted by atomic mass is 9.89. The molecule has 0 amide bonds. The molecule has 0 bridgehead atoms. The fourth-order valence-electron chi connectivity index (χ4n) is 6.27. The molecule has 0 aliphatic rings. The number of anilines is 2. The van der Waals surface area contributed by atoms with Gasteiger partial charge in [-0.1, -0.05) is 153 Å². The van der Waals surface area contributed by atoms with Gasteiger partial charge in [0.2, 0.25) is 0 Å². The largest absolute Gasteiger partial charge is 0.363 e. The van der Waals surface area contributed by atoms with Crippen molar-refractivity contribution < 1.29 is 0 Å². The maximum atomic E-state index is 2.48. The Labute approximate surface area is 275 Å². The third-order valence-electron chi connectivity index (χ3n) is 8.87. The predicted octanol–water partition coefficient (Wildman–Crippen LogP) is 10.8. The summed E-state index contributed by atoms with van der Waals surface area (Å²) in [6, 6.07) is 61.7. The fraction of sp³-hybridized carbons (Fsp3) is 0.182. The standard InChI is InChI=1S/C44H44N2/c1-2-41(42-25-29-44(30-26-42)46(34-39-19-11-5-12-20-39)35-40-21-13-6-14-22-40)31-36-23-27-43(28-24-36)45(32-37-15-7-3-8-16-37)33-38-17-9-4-10-18-38/h3-30,41H,2,31-35H2,1H3. The minimum absolute atomic E-state index is 0.473. The maximum absolute atomic E-state index is 2.48. The minimum Gasteiger partial charge on any atom is -0.363 e. The van der Waals surface area contributed by atoms with E-state index in [0.29, 0.717) is 5.92 Å². The van der Waals surface area contributed by atoms with Gasteiger partial charge in [0, 0.05) is 37.6 Å². The van der Waals surface area contributed by atoms with E-state index in [-0.39, 0.29) is 0 Å². The van der Waals surface area contributed by atoms with E-state index >= 15 is 0 Å². The molecule has 0 fully saturated rings. The zero-order chi connectivity index (χ0) is 31.4. The molecule has 46 heavy (non-hydrogen) atoms. The topological polar surface area (TPSA) is 6.48 Å². The Morgan fingerprint density at radius 1 is 0.370 bits per heavy atom. The molecule has 2 heteroatoms. The monoisotopic (exact) mass is 600 g/mol. The van der Waals surface area contributed by atoms with Gasteiger partial charge >= 0.3 is 0 Å². The van der Waals surface area contributed by atoms with Crippen LogP contribution in [-0.2, 0) is 32.6 Å². The van der Waals surface area contributed by atoms with Crippen molar-refractivity contribution in [2.24, 2.45) is 0 Å². The Balaban J connectivity index is 1.16. The first kappa shape index (κ1) is 30.9. The molecule has 0 heterocycles. The zero-order valence-electron chi connectivity index (χ0n) is 26.9. The summed E-state index contributed by atoms with van der Waals surface area (Å²) in [4.78, 5) is 4.95. The summed E-state index contributed by atoms with van der Waals surface area (Å²) in [5.41, 5.74) is 10.6. The van der Waals surface area contributed by atoms with Crippen LogP contribution in [-0.4, -0.2) is 0 Å². The molecular weight excluding hydrogens is 556 g/mol. The average Bonchev–Trinajstić information content (AvgIpc) is 3.12. The first-order chi connectivity index (χ1) is 22.7. The second kappa shape index (κ2) is 15.8. The van der Waals surface area contributed by atoms with Crippen LogP contribution in [0.4, 0.5) is 11.4 Å². The van der Waals surface area contributed by atoms with Gasteiger partial charge in [-0.3, -0.25) is 0 Å². The molecule has 0 N–H and O–H groups in total. The van der Waals surface area contributed by atoms with Crippen molar-refractivity contribution in [3.63, 3.8) is 0 Å². The Morgan fingerprint density at radius 2 is 0.696 bits per heavy atom. The first-order valence-electron chi connectivity index (χ1n) is 16.6. The van der Waals surface area contributed by atoms with Gasteiger partial charge in [-0.25, -0.2) is 0 Å². The van der Waals surface area contributed by atoms with Crippen molar-refractivity contribution in [1.82, 2.24) is 0 Å².